The molecule has 27 heavy (non-hydrogen) atoms. The Morgan fingerprint density at radius 3 is 2.81 bits per heavy atom. The molecule has 4 rings (SSSR count). The van der Waals surface area contributed by atoms with Gasteiger partial charge in [0.25, 0.3) is 0 Å². The van der Waals surface area contributed by atoms with E-state index in [4.69, 9.17) is 4.52 Å². The van der Waals surface area contributed by atoms with Gasteiger partial charge in [-0.05, 0) is 37.1 Å². The zero-order chi connectivity index (χ0) is 19.0. The number of anilines is 1. The maximum absolute atomic E-state index is 13.1. The van der Waals surface area contributed by atoms with Gasteiger partial charge in [-0.25, -0.2) is 9.18 Å². The van der Waals surface area contributed by atoms with Gasteiger partial charge >= 0.3 is 6.03 Å². The van der Waals surface area contributed by atoms with E-state index in [-0.39, 0.29) is 30.2 Å². The number of nitrogens with zero attached hydrogens (tertiary/aromatic N) is 3. The van der Waals surface area contributed by atoms with E-state index in [1.165, 1.54) is 17.0 Å². The molecule has 0 bridgehead atoms. The first-order valence-electron chi connectivity index (χ1n) is 9.02. The molecule has 1 N–H and O–H groups in total. The maximum atomic E-state index is 13.1. The zero-order valence-corrected chi connectivity index (χ0v) is 15.0. The van der Waals surface area contributed by atoms with E-state index in [9.17, 15) is 14.0 Å². The summed E-state index contributed by atoms with van der Waals surface area (Å²) in [6.07, 6.45) is 2.48. The number of benzene rings is 1. The highest BCUT2D eigenvalue weighted by molar-refractivity contribution is 5.96. The van der Waals surface area contributed by atoms with Gasteiger partial charge in [-0.3, -0.25) is 4.79 Å². The standard InChI is InChI=1S/C19H21FN4O3/c1-23(10-15-8-17(27-22-15)12-2-3-12)19(26)21-14-9-18(25)24(11-14)16-6-4-13(20)5-7-16/h4-8,12,14H,2-3,9-11H2,1H3,(H,21,26)/t14-/m0/s1. The van der Waals surface area contributed by atoms with Crippen molar-refractivity contribution < 1.29 is 18.5 Å². The molecular formula is C19H21FN4O3. The first-order chi connectivity index (χ1) is 13.0. The van der Waals surface area contributed by atoms with E-state index in [1.54, 1.807) is 24.1 Å². The predicted octanol–water partition coefficient (Wildman–Crippen LogP) is 2.64. The Balaban J connectivity index is 1.32. The van der Waals surface area contributed by atoms with Gasteiger partial charge in [-0.1, -0.05) is 5.16 Å². The predicted molar refractivity (Wildman–Crippen MR) is 95.6 cm³/mol. The topological polar surface area (TPSA) is 78.7 Å². The lowest BCUT2D eigenvalue weighted by Crippen LogP contribution is -2.44. The van der Waals surface area contributed by atoms with Gasteiger partial charge in [0.05, 0.1) is 12.6 Å². The lowest BCUT2D eigenvalue weighted by atomic mass is 10.2. The Kier molecular flexibility index (Phi) is 4.55. The van der Waals surface area contributed by atoms with Crippen LogP contribution in [-0.2, 0) is 11.3 Å². The van der Waals surface area contributed by atoms with Crippen LogP contribution >= 0.6 is 0 Å². The van der Waals surface area contributed by atoms with Crippen LogP contribution in [-0.4, -0.2) is 41.6 Å². The van der Waals surface area contributed by atoms with Crippen LogP contribution < -0.4 is 10.2 Å². The number of nitrogens with one attached hydrogen (secondary N) is 1. The van der Waals surface area contributed by atoms with E-state index in [0.29, 0.717) is 30.4 Å². The summed E-state index contributed by atoms with van der Waals surface area (Å²) in [5.41, 5.74) is 1.34. The smallest absolute Gasteiger partial charge is 0.317 e. The van der Waals surface area contributed by atoms with Crippen molar-refractivity contribution in [3.63, 3.8) is 0 Å². The minimum absolute atomic E-state index is 0.0971. The van der Waals surface area contributed by atoms with Gasteiger partial charge < -0.3 is 19.6 Å². The van der Waals surface area contributed by atoms with Crippen molar-refractivity contribution in [2.45, 2.75) is 37.8 Å². The molecule has 1 aliphatic heterocycles. The van der Waals surface area contributed by atoms with E-state index in [2.05, 4.69) is 10.5 Å². The molecule has 2 aromatic rings. The molecule has 0 radical (unpaired) electrons. The summed E-state index contributed by atoms with van der Waals surface area (Å²) in [5, 5.41) is 6.89. The molecule has 0 spiro atoms. The average molecular weight is 372 g/mol. The van der Waals surface area contributed by atoms with Crippen LogP contribution in [0.2, 0.25) is 0 Å². The average Bonchev–Trinajstić information content (AvgIpc) is 3.29. The third-order valence-corrected chi connectivity index (χ3v) is 4.89. The fraction of sp³-hybridized carbons (Fsp3) is 0.421. The van der Waals surface area contributed by atoms with E-state index in [1.807, 2.05) is 6.07 Å². The van der Waals surface area contributed by atoms with Gasteiger partial charge in [-0.15, -0.1) is 0 Å². The minimum Gasteiger partial charge on any atom is -0.361 e. The molecule has 2 fully saturated rings. The summed E-state index contributed by atoms with van der Waals surface area (Å²) in [6, 6.07) is 7.08. The second-order valence-corrected chi connectivity index (χ2v) is 7.18. The highest BCUT2D eigenvalue weighted by atomic mass is 19.1. The number of carbonyl (C=O) groups excluding carboxylic acids is 2. The normalized spacial score (nSPS) is 19.4. The van der Waals surface area contributed by atoms with Crippen molar-refractivity contribution in [3.8, 4) is 0 Å². The van der Waals surface area contributed by atoms with Crippen LogP contribution in [0.1, 0.15) is 36.6 Å². The molecule has 8 heteroatoms. The number of aromatic nitrogens is 1. The van der Waals surface area contributed by atoms with E-state index in [0.717, 1.165) is 18.6 Å². The number of urea groups is 1. The summed E-state index contributed by atoms with van der Waals surface area (Å²) in [5.74, 6) is 0.914. The number of amides is 3. The second-order valence-electron chi connectivity index (χ2n) is 7.18. The Bertz CT molecular complexity index is 847. The molecule has 1 aromatic carbocycles. The molecule has 0 unspecified atom stereocenters. The quantitative estimate of drug-likeness (QED) is 0.875. The molecule has 1 saturated carbocycles. The van der Waals surface area contributed by atoms with Crippen molar-refractivity contribution in [1.29, 1.82) is 0 Å². The fourth-order valence-electron chi connectivity index (χ4n) is 3.24. The van der Waals surface area contributed by atoms with Crippen molar-refractivity contribution in [1.82, 2.24) is 15.4 Å². The molecule has 7 nitrogen and oxygen atoms in total. The molecule has 3 amide bonds. The number of rotatable bonds is 5. The Hall–Kier alpha value is -2.90. The van der Waals surface area contributed by atoms with Gasteiger partial charge in [0, 0.05) is 37.7 Å². The third-order valence-electron chi connectivity index (χ3n) is 4.89. The lowest BCUT2D eigenvalue weighted by molar-refractivity contribution is -0.117. The largest absolute Gasteiger partial charge is 0.361 e. The summed E-state index contributed by atoms with van der Waals surface area (Å²) < 4.78 is 18.4. The van der Waals surface area contributed by atoms with Gasteiger partial charge in [0.15, 0.2) is 0 Å². The van der Waals surface area contributed by atoms with Crippen molar-refractivity contribution in [2.75, 3.05) is 18.5 Å². The molecule has 1 atom stereocenters. The number of carbonyl (C=O) groups is 2. The van der Waals surface area contributed by atoms with Crippen molar-refractivity contribution >= 4 is 17.6 Å². The molecule has 2 aliphatic rings. The minimum atomic E-state index is -0.352. The van der Waals surface area contributed by atoms with Gasteiger partial charge in [0.1, 0.15) is 17.3 Å². The van der Waals surface area contributed by atoms with Crippen molar-refractivity contribution in [3.05, 3.63) is 47.6 Å². The molecule has 1 aliphatic carbocycles. The number of hydrogen-bond donors (Lipinski definition) is 1. The highest BCUT2D eigenvalue weighted by Gasteiger charge is 2.32. The van der Waals surface area contributed by atoms with Crippen LogP contribution in [0.25, 0.3) is 0 Å². The Labute approximate surface area is 156 Å². The summed E-state index contributed by atoms with van der Waals surface area (Å²) in [7, 11) is 1.68. The molecule has 1 saturated heterocycles. The lowest BCUT2D eigenvalue weighted by Gasteiger charge is -2.20. The second kappa shape index (κ2) is 7.02. The zero-order valence-electron chi connectivity index (χ0n) is 15.0. The molecule has 2 heterocycles. The number of halogens is 1. The highest BCUT2D eigenvalue weighted by Crippen LogP contribution is 2.40. The monoisotopic (exact) mass is 372 g/mol. The van der Waals surface area contributed by atoms with Crippen LogP contribution in [0.15, 0.2) is 34.9 Å². The first kappa shape index (κ1) is 17.5. The number of hydrogen-bond acceptors (Lipinski definition) is 4. The van der Waals surface area contributed by atoms with Crippen LogP contribution in [0.3, 0.4) is 0 Å². The van der Waals surface area contributed by atoms with Gasteiger partial charge in [-0.2, -0.15) is 0 Å². The Morgan fingerprint density at radius 1 is 1.37 bits per heavy atom. The summed E-state index contributed by atoms with van der Waals surface area (Å²) in [4.78, 5) is 27.7. The SMILES string of the molecule is CN(Cc1cc(C2CC2)on1)C(=O)N[C@H]1CC(=O)N(c2ccc(F)cc2)C1. The first-order valence-corrected chi connectivity index (χ1v) is 9.02. The summed E-state index contributed by atoms with van der Waals surface area (Å²) >= 11 is 0. The van der Waals surface area contributed by atoms with Gasteiger partial charge in [0.2, 0.25) is 5.91 Å². The van der Waals surface area contributed by atoms with Crippen molar-refractivity contribution in [2.24, 2.45) is 0 Å². The van der Waals surface area contributed by atoms with Crippen LogP contribution in [0, 0.1) is 5.82 Å². The van der Waals surface area contributed by atoms with E-state index >= 15 is 0 Å². The Morgan fingerprint density at radius 2 is 2.11 bits per heavy atom. The van der Waals surface area contributed by atoms with Crippen LogP contribution in [0.4, 0.5) is 14.9 Å². The summed E-state index contributed by atoms with van der Waals surface area (Å²) in [6.45, 7) is 0.699. The molecular weight excluding hydrogens is 351 g/mol. The molecule has 1 aromatic heterocycles. The maximum Gasteiger partial charge on any atom is 0.317 e. The van der Waals surface area contributed by atoms with E-state index < -0.39 is 0 Å². The molecule has 142 valence electrons. The fourth-order valence-corrected chi connectivity index (χ4v) is 3.24. The van der Waals surface area contributed by atoms with Crippen LogP contribution in [0.5, 0.6) is 0 Å². The third kappa shape index (κ3) is 3.94.